The normalized spacial score (nSPS) is 10.0. The molecular weight excluding hydrogens is 230 g/mol. The van der Waals surface area contributed by atoms with Crippen LogP contribution in [0.4, 0.5) is 4.39 Å². The maximum Gasteiger partial charge on any atom is 0.181 e. The van der Waals surface area contributed by atoms with E-state index < -0.39 is 11.6 Å². The van der Waals surface area contributed by atoms with Gasteiger partial charge in [-0.3, -0.25) is 4.79 Å². The van der Waals surface area contributed by atoms with E-state index in [9.17, 15) is 9.18 Å². The van der Waals surface area contributed by atoms with Gasteiger partial charge in [-0.2, -0.15) is 0 Å². The summed E-state index contributed by atoms with van der Waals surface area (Å²) >= 11 is 10.9. The third kappa shape index (κ3) is 2.16. The highest BCUT2D eigenvalue weighted by atomic mass is 35.5. The number of carbonyl (C=O) groups is 1. The number of ketones is 1. The predicted octanol–water partition coefficient (Wildman–Crippen LogP) is 2.91. The molecule has 76 valence electrons. The van der Waals surface area contributed by atoms with E-state index in [1.165, 1.54) is 13.2 Å². The fourth-order valence-corrected chi connectivity index (χ4v) is 1.28. The van der Waals surface area contributed by atoms with E-state index in [0.717, 1.165) is 6.07 Å². The van der Waals surface area contributed by atoms with Crippen LogP contribution in [0.25, 0.3) is 0 Å². The number of rotatable bonds is 3. The Kier molecular flexibility index (Phi) is 3.72. The highest BCUT2D eigenvalue weighted by molar-refractivity contribution is 6.32. The summed E-state index contributed by atoms with van der Waals surface area (Å²) in [6.45, 7) is 0. The van der Waals surface area contributed by atoms with Crippen LogP contribution in [0.3, 0.4) is 0 Å². The zero-order valence-electron chi connectivity index (χ0n) is 7.31. The van der Waals surface area contributed by atoms with Gasteiger partial charge in [-0.1, -0.05) is 11.6 Å². The zero-order valence-corrected chi connectivity index (χ0v) is 8.82. The largest absolute Gasteiger partial charge is 0.496 e. The van der Waals surface area contributed by atoms with Gasteiger partial charge in [0.05, 0.1) is 23.6 Å². The third-order valence-electron chi connectivity index (χ3n) is 1.66. The van der Waals surface area contributed by atoms with Crippen molar-refractivity contribution in [3.63, 3.8) is 0 Å². The van der Waals surface area contributed by atoms with Gasteiger partial charge in [0.15, 0.2) is 5.78 Å². The molecule has 14 heavy (non-hydrogen) atoms. The van der Waals surface area contributed by atoms with Crippen molar-refractivity contribution in [1.82, 2.24) is 0 Å². The van der Waals surface area contributed by atoms with Crippen LogP contribution >= 0.6 is 23.2 Å². The fraction of sp³-hybridized carbons (Fsp3) is 0.222. The Labute approximate surface area is 90.6 Å². The van der Waals surface area contributed by atoms with E-state index in [4.69, 9.17) is 27.9 Å². The van der Waals surface area contributed by atoms with Crippen molar-refractivity contribution in [2.75, 3.05) is 13.0 Å². The van der Waals surface area contributed by atoms with Crippen molar-refractivity contribution >= 4 is 29.0 Å². The van der Waals surface area contributed by atoms with Crippen molar-refractivity contribution in [3.05, 3.63) is 28.5 Å². The van der Waals surface area contributed by atoms with Crippen molar-refractivity contribution in [2.24, 2.45) is 0 Å². The van der Waals surface area contributed by atoms with Crippen LogP contribution in [0, 0.1) is 5.82 Å². The van der Waals surface area contributed by atoms with Gasteiger partial charge in [0.1, 0.15) is 11.6 Å². The summed E-state index contributed by atoms with van der Waals surface area (Å²) in [5.74, 6) is -1.07. The van der Waals surface area contributed by atoms with Crippen molar-refractivity contribution in [3.8, 4) is 5.75 Å². The summed E-state index contributed by atoms with van der Waals surface area (Å²) < 4.78 is 17.9. The molecule has 0 amide bonds. The van der Waals surface area contributed by atoms with Crippen LogP contribution in [0.1, 0.15) is 10.4 Å². The van der Waals surface area contributed by atoms with Crippen LogP contribution in [0.2, 0.25) is 5.02 Å². The van der Waals surface area contributed by atoms with Gasteiger partial charge in [0.2, 0.25) is 0 Å². The molecule has 0 aliphatic carbocycles. The SMILES string of the molecule is COc1cc(Cl)c(F)cc1C(=O)CCl. The van der Waals surface area contributed by atoms with E-state index in [0.29, 0.717) is 0 Å². The molecule has 0 saturated carbocycles. The Morgan fingerprint density at radius 1 is 1.57 bits per heavy atom. The van der Waals surface area contributed by atoms with Crippen molar-refractivity contribution < 1.29 is 13.9 Å². The fourth-order valence-electron chi connectivity index (χ4n) is 0.987. The summed E-state index contributed by atoms with van der Waals surface area (Å²) in [5, 5.41) is -0.0898. The Morgan fingerprint density at radius 2 is 2.21 bits per heavy atom. The smallest absolute Gasteiger partial charge is 0.181 e. The minimum Gasteiger partial charge on any atom is -0.496 e. The maximum atomic E-state index is 13.0. The quantitative estimate of drug-likeness (QED) is 0.596. The van der Waals surface area contributed by atoms with Crippen LogP contribution in [0.15, 0.2) is 12.1 Å². The van der Waals surface area contributed by atoms with Gasteiger partial charge in [-0.05, 0) is 6.07 Å². The van der Waals surface area contributed by atoms with Crippen molar-refractivity contribution in [1.29, 1.82) is 0 Å². The summed E-state index contributed by atoms with van der Waals surface area (Å²) in [6.07, 6.45) is 0. The number of halogens is 3. The second-order valence-corrected chi connectivity index (χ2v) is 3.20. The van der Waals surface area contributed by atoms with Gasteiger partial charge >= 0.3 is 0 Å². The number of methoxy groups -OCH3 is 1. The van der Waals surface area contributed by atoms with Gasteiger partial charge in [0, 0.05) is 6.07 Å². The molecule has 0 saturated heterocycles. The minimum absolute atomic E-state index is 0.0898. The van der Waals surface area contributed by atoms with E-state index in [1.54, 1.807) is 0 Å². The first-order valence-corrected chi connectivity index (χ1v) is 4.63. The number of hydrogen-bond donors (Lipinski definition) is 0. The van der Waals surface area contributed by atoms with Crippen LogP contribution in [-0.4, -0.2) is 18.8 Å². The number of hydrogen-bond acceptors (Lipinski definition) is 2. The molecule has 0 radical (unpaired) electrons. The lowest BCUT2D eigenvalue weighted by molar-refractivity contribution is 0.101. The molecule has 0 fully saturated rings. The molecule has 0 bridgehead atoms. The lowest BCUT2D eigenvalue weighted by Gasteiger charge is -2.07. The number of alkyl halides is 1. The highest BCUT2D eigenvalue weighted by Gasteiger charge is 2.14. The third-order valence-corrected chi connectivity index (χ3v) is 2.20. The molecule has 0 heterocycles. The highest BCUT2D eigenvalue weighted by Crippen LogP contribution is 2.26. The van der Waals surface area contributed by atoms with Gasteiger partial charge < -0.3 is 4.74 Å². The number of carbonyl (C=O) groups excluding carboxylic acids is 1. The van der Waals surface area contributed by atoms with Crippen LogP contribution in [0.5, 0.6) is 5.75 Å². The van der Waals surface area contributed by atoms with Gasteiger partial charge in [-0.15, -0.1) is 11.6 Å². The second-order valence-electron chi connectivity index (χ2n) is 2.52. The molecular formula is C9H7Cl2FO2. The van der Waals surface area contributed by atoms with E-state index >= 15 is 0 Å². The average molecular weight is 237 g/mol. The lowest BCUT2D eigenvalue weighted by atomic mass is 10.1. The van der Waals surface area contributed by atoms with E-state index in [-0.39, 0.29) is 22.2 Å². The number of Topliss-reactive ketones (excluding diaryl/α,β-unsaturated/α-hetero) is 1. The molecule has 0 N–H and O–H groups in total. The first kappa shape index (κ1) is 11.3. The predicted molar refractivity (Wildman–Crippen MR) is 53.0 cm³/mol. The summed E-state index contributed by atoms with van der Waals surface area (Å²) in [7, 11) is 1.37. The second kappa shape index (κ2) is 4.62. The topological polar surface area (TPSA) is 26.3 Å². The Morgan fingerprint density at radius 3 is 2.71 bits per heavy atom. The summed E-state index contributed by atoms with van der Waals surface area (Å²) in [6, 6.07) is 2.27. The zero-order chi connectivity index (χ0) is 10.7. The van der Waals surface area contributed by atoms with Gasteiger partial charge in [-0.25, -0.2) is 4.39 Å². The molecule has 0 aromatic heterocycles. The van der Waals surface area contributed by atoms with Crippen molar-refractivity contribution in [2.45, 2.75) is 0 Å². The maximum absolute atomic E-state index is 13.0. The van der Waals surface area contributed by atoms with Crippen LogP contribution < -0.4 is 4.74 Å². The molecule has 1 aromatic rings. The Bertz CT molecular complexity index is 366. The molecule has 1 aromatic carbocycles. The van der Waals surface area contributed by atoms with Crippen LogP contribution in [-0.2, 0) is 0 Å². The van der Waals surface area contributed by atoms with E-state index in [1.807, 2.05) is 0 Å². The molecule has 1 rings (SSSR count). The van der Waals surface area contributed by atoms with Gasteiger partial charge in [0.25, 0.3) is 0 Å². The minimum atomic E-state index is -0.666. The molecule has 5 heteroatoms. The Balaban J connectivity index is 3.27. The monoisotopic (exact) mass is 236 g/mol. The summed E-state index contributed by atoms with van der Waals surface area (Å²) in [5.41, 5.74) is 0.101. The number of ether oxygens (including phenoxy) is 1. The molecule has 2 nitrogen and oxygen atoms in total. The standard InChI is InChI=1S/C9H7Cl2FO2/c1-14-9-3-6(11)7(12)2-5(9)8(13)4-10/h2-3H,4H2,1H3. The lowest BCUT2D eigenvalue weighted by Crippen LogP contribution is -2.04. The molecule has 0 aliphatic heterocycles. The molecule has 0 atom stereocenters. The molecule has 0 spiro atoms. The summed E-state index contributed by atoms with van der Waals surface area (Å²) in [4.78, 5) is 11.2. The Hall–Kier alpha value is -0.800. The molecule has 0 unspecified atom stereocenters. The first-order valence-electron chi connectivity index (χ1n) is 3.72. The van der Waals surface area contributed by atoms with E-state index in [2.05, 4.69) is 0 Å². The first-order chi connectivity index (χ1) is 6.60. The number of benzene rings is 1. The molecule has 0 aliphatic rings. The average Bonchev–Trinajstić information content (AvgIpc) is 2.20.